The third-order valence-electron chi connectivity index (χ3n) is 2.91. The van der Waals surface area contributed by atoms with E-state index in [9.17, 15) is 0 Å². The first-order valence-corrected chi connectivity index (χ1v) is 6.75. The highest BCUT2D eigenvalue weighted by Crippen LogP contribution is 2.31. The van der Waals surface area contributed by atoms with Crippen molar-refractivity contribution in [3.63, 3.8) is 0 Å². The molecule has 1 aromatic heterocycles. The van der Waals surface area contributed by atoms with E-state index in [0.29, 0.717) is 15.9 Å². The quantitative estimate of drug-likeness (QED) is 0.889. The summed E-state index contributed by atoms with van der Waals surface area (Å²) in [5, 5.41) is 1.02. The van der Waals surface area contributed by atoms with E-state index in [-0.39, 0.29) is 5.92 Å². The number of hydrogen-bond donors (Lipinski definition) is 1. The van der Waals surface area contributed by atoms with Crippen LogP contribution < -0.4 is 5.73 Å². The second-order valence-corrected chi connectivity index (χ2v) is 5.54. The normalized spacial score (nSPS) is 11.1. The molecule has 19 heavy (non-hydrogen) atoms. The molecule has 3 nitrogen and oxygen atoms in total. The van der Waals surface area contributed by atoms with Gasteiger partial charge < -0.3 is 5.73 Å². The second-order valence-electron chi connectivity index (χ2n) is 4.72. The molecule has 0 atom stereocenters. The molecule has 0 fully saturated rings. The summed E-state index contributed by atoms with van der Waals surface area (Å²) in [6, 6.07) is 5.43. The number of benzene rings is 1. The summed E-state index contributed by atoms with van der Waals surface area (Å²) in [6.45, 7) is 5.96. The molecule has 0 saturated carbocycles. The summed E-state index contributed by atoms with van der Waals surface area (Å²) in [6.07, 6.45) is 0. The molecule has 0 bridgehead atoms. The predicted octanol–water partition coefficient (Wildman–Crippen LogP) is 4.46. The van der Waals surface area contributed by atoms with Gasteiger partial charge in [0, 0.05) is 17.0 Å². The molecule has 0 aliphatic carbocycles. The first-order valence-electron chi connectivity index (χ1n) is 5.99. The Hall–Kier alpha value is -1.32. The Morgan fingerprint density at radius 1 is 1.11 bits per heavy atom. The van der Waals surface area contributed by atoms with Crippen molar-refractivity contribution in [1.29, 1.82) is 0 Å². The molecule has 100 valence electrons. The van der Waals surface area contributed by atoms with Crippen molar-refractivity contribution in [3.05, 3.63) is 39.6 Å². The zero-order valence-electron chi connectivity index (χ0n) is 11.0. The maximum atomic E-state index is 6.05. The molecule has 0 amide bonds. The lowest BCUT2D eigenvalue weighted by Crippen LogP contribution is -2.06. The van der Waals surface area contributed by atoms with Crippen LogP contribution in [-0.4, -0.2) is 9.97 Å². The fourth-order valence-electron chi connectivity index (χ4n) is 1.73. The van der Waals surface area contributed by atoms with Gasteiger partial charge in [0.05, 0.1) is 15.7 Å². The summed E-state index contributed by atoms with van der Waals surface area (Å²) in [7, 11) is 0. The first kappa shape index (κ1) is 14.1. The lowest BCUT2D eigenvalue weighted by Gasteiger charge is -2.12. The standard InChI is InChI=1S/C14H15Cl2N3/c1-7(2)14-18-12(8(3)13(17)19-14)9-4-5-10(15)11(16)6-9/h4-7H,1-3H3,(H2,17,18,19). The lowest BCUT2D eigenvalue weighted by molar-refractivity contribution is 0.776. The Morgan fingerprint density at radius 2 is 1.79 bits per heavy atom. The van der Waals surface area contributed by atoms with Crippen LogP contribution in [0.5, 0.6) is 0 Å². The molecule has 5 heteroatoms. The van der Waals surface area contributed by atoms with E-state index in [2.05, 4.69) is 9.97 Å². The van der Waals surface area contributed by atoms with Crippen LogP contribution in [0.1, 0.15) is 31.2 Å². The summed E-state index contributed by atoms with van der Waals surface area (Å²) >= 11 is 12.0. The van der Waals surface area contributed by atoms with Gasteiger partial charge in [-0.1, -0.05) is 43.1 Å². The van der Waals surface area contributed by atoms with Gasteiger partial charge in [-0.05, 0) is 19.1 Å². The minimum atomic E-state index is 0.212. The van der Waals surface area contributed by atoms with Crippen LogP contribution in [0.2, 0.25) is 10.0 Å². The highest BCUT2D eigenvalue weighted by Gasteiger charge is 2.13. The van der Waals surface area contributed by atoms with Gasteiger partial charge >= 0.3 is 0 Å². The zero-order chi connectivity index (χ0) is 14.2. The molecule has 0 spiro atoms. The van der Waals surface area contributed by atoms with Crippen LogP contribution in [0.15, 0.2) is 18.2 Å². The second kappa shape index (κ2) is 5.35. The van der Waals surface area contributed by atoms with Crippen LogP contribution in [0, 0.1) is 6.92 Å². The molecule has 1 heterocycles. The minimum absolute atomic E-state index is 0.212. The van der Waals surface area contributed by atoms with Crippen molar-refractivity contribution in [1.82, 2.24) is 9.97 Å². The predicted molar refractivity (Wildman–Crippen MR) is 80.7 cm³/mol. The smallest absolute Gasteiger partial charge is 0.133 e. The largest absolute Gasteiger partial charge is 0.383 e. The number of nitrogen functional groups attached to an aromatic ring is 1. The van der Waals surface area contributed by atoms with Crippen LogP contribution in [0.4, 0.5) is 5.82 Å². The number of halogens is 2. The van der Waals surface area contributed by atoms with Crippen molar-refractivity contribution in [2.24, 2.45) is 0 Å². The van der Waals surface area contributed by atoms with Crippen LogP contribution in [0.3, 0.4) is 0 Å². The van der Waals surface area contributed by atoms with Crippen LogP contribution in [-0.2, 0) is 0 Å². The molecular formula is C14H15Cl2N3. The monoisotopic (exact) mass is 295 g/mol. The molecule has 0 saturated heterocycles. The number of anilines is 1. The molecule has 0 aliphatic heterocycles. The van der Waals surface area contributed by atoms with Gasteiger partial charge in [-0.25, -0.2) is 9.97 Å². The van der Waals surface area contributed by atoms with Crippen LogP contribution in [0.25, 0.3) is 11.3 Å². The van der Waals surface area contributed by atoms with Gasteiger partial charge in [-0.3, -0.25) is 0 Å². The van der Waals surface area contributed by atoms with Crippen molar-refractivity contribution in [2.45, 2.75) is 26.7 Å². The maximum Gasteiger partial charge on any atom is 0.133 e. The van der Waals surface area contributed by atoms with E-state index in [1.165, 1.54) is 0 Å². The van der Waals surface area contributed by atoms with Crippen molar-refractivity contribution < 1.29 is 0 Å². The van der Waals surface area contributed by atoms with Gasteiger partial charge in [0.15, 0.2) is 0 Å². The molecule has 1 aromatic carbocycles. The third-order valence-corrected chi connectivity index (χ3v) is 3.65. The minimum Gasteiger partial charge on any atom is -0.383 e. The Labute approximate surface area is 122 Å². The maximum absolute atomic E-state index is 6.05. The van der Waals surface area contributed by atoms with Crippen molar-refractivity contribution in [3.8, 4) is 11.3 Å². The average Bonchev–Trinajstić information content (AvgIpc) is 2.35. The van der Waals surface area contributed by atoms with Crippen LogP contribution >= 0.6 is 23.2 Å². The molecular weight excluding hydrogens is 281 g/mol. The van der Waals surface area contributed by atoms with Gasteiger partial charge in [0.2, 0.25) is 0 Å². The van der Waals surface area contributed by atoms with Gasteiger partial charge in [0.25, 0.3) is 0 Å². The highest BCUT2D eigenvalue weighted by molar-refractivity contribution is 6.42. The van der Waals surface area contributed by atoms with E-state index in [1.54, 1.807) is 12.1 Å². The Balaban J connectivity index is 2.63. The summed E-state index contributed by atoms with van der Waals surface area (Å²) < 4.78 is 0. The van der Waals surface area contributed by atoms with E-state index >= 15 is 0 Å². The van der Waals surface area contributed by atoms with Crippen molar-refractivity contribution >= 4 is 29.0 Å². The number of hydrogen-bond acceptors (Lipinski definition) is 3. The first-order chi connectivity index (χ1) is 8.90. The fourth-order valence-corrected chi connectivity index (χ4v) is 2.03. The summed E-state index contributed by atoms with van der Waals surface area (Å²) in [5.41, 5.74) is 8.50. The molecule has 2 rings (SSSR count). The topological polar surface area (TPSA) is 51.8 Å². The molecule has 2 N–H and O–H groups in total. The van der Waals surface area contributed by atoms with Gasteiger partial charge in [-0.2, -0.15) is 0 Å². The van der Waals surface area contributed by atoms with Crippen molar-refractivity contribution in [2.75, 3.05) is 5.73 Å². The summed E-state index contributed by atoms with van der Waals surface area (Å²) in [4.78, 5) is 8.89. The van der Waals surface area contributed by atoms with E-state index in [1.807, 2.05) is 26.8 Å². The number of rotatable bonds is 2. The number of nitrogens with two attached hydrogens (primary N) is 1. The van der Waals surface area contributed by atoms with E-state index in [4.69, 9.17) is 28.9 Å². The molecule has 0 aliphatic rings. The van der Waals surface area contributed by atoms with Gasteiger partial charge in [-0.15, -0.1) is 0 Å². The Kier molecular flexibility index (Phi) is 3.97. The lowest BCUT2D eigenvalue weighted by atomic mass is 10.1. The summed E-state index contributed by atoms with van der Waals surface area (Å²) in [5.74, 6) is 1.44. The zero-order valence-corrected chi connectivity index (χ0v) is 12.5. The molecule has 0 unspecified atom stereocenters. The Bertz CT molecular complexity index is 624. The van der Waals surface area contributed by atoms with E-state index in [0.717, 1.165) is 22.6 Å². The fraction of sp³-hybridized carbons (Fsp3) is 0.286. The SMILES string of the molecule is Cc1c(N)nc(C(C)C)nc1-c1ccc(Cl)c(Cl)c1. The number of nitrogens with zero attached hydrogens (tertiary/aromatic N) is 2. The van der Waals surface area contributed by atoms with Gasteiger partial charge in [0.1, 0.15) is 11.6 Å². The molecule has 0 radical (unpaired) electrons. The number of aromatic nitrogens is 2. The van der Waals surface area contributed by atoms with E-state index < -0.39 is 0 Å². The highest BCUT2D eigenvalue weighted by atomic mass is 35.5. The molecule has 2 aromatic rings. The third kappa shape index (κ3) is 2.82. The Morgan fingerprint density at radius 3 is 2.37 bits per heavy atom. The average molecular weight is 296 g/mol.